The van der Waals surface area contributed by atoms with Crippen molar-refractivity contribution in [1.29, 1.82) is 0 Å². The Morgan fingerprint density at radius 1 is 1.50 bits per heavy atom. The number of aliphatic hydroxyl groups is 1. The Kier molecular flexibility index (Phi) is 2.23. The van der Waals surface area contributed by atoms with E-state index in [1.54, 1.807) is 18.2 Å². The van der Waals surface area contributed by atoms with Crippen molar-refractivity contribution in [2.24, 2.45) is 0 Å². The van der Waals surface area contributed by atoms with Crippen LogP contribution in [0.4, 0.5) is 5.00 Å². The number of nitrogen functional groups attached to an aromatic ring is 1. The van der Waals surface area contributed by atoms with Crippen LogP contribution in [-0.2, 0) is 6.61 Å². The molecular formula is C10H9NO2S. The van der Waals surface area contributed by atoms with Gasteiger partial charge >= 0.3 is 0 Å². The van der Waals surface area contributed by atoms with E-state index in [1.807, 2.05) is 0 Å². The number of aldehydes is 1. The van der Waals surface area contributed by atoms with Gasteiger partial charge in [-0.25, -0.2) is 0 Å². The van der Waals surface area contributed by atoms with Gasteiger partial charge in [0.15, 0.2) is 6.29 Å². The first-order valence-corrected chi connectivity index (χ1v) is 4.95. The molecule has 0 amide bonds. The number of thiophene rings is 1. The van der Waals surface area contributed by atoms with E-state index < -0.39 is 0 Å². The van der Waals surface area contributed by atoms with Gasteiger partial charge in [-0.05, 0) is 11.6 Å². The molecule has 0 aliphatic carbocycles. The Morgan fingerprint density at radius 2 is 2.29 bits per heavy atom. The first-order chi connectivity index (χ1) is 6.76. The van der Waals surface area contributed by atoms with E-state index in [9.17, 15) is 4.79 Å². The summed E-state index contributed by atoms with van der Waals surface area (Å²) in [5.41, 5.74) is 7.09. The van der Waals surface area contributed by atoms with Crippen LogP contribution in [0.25, 0.3) is 10.1 Å². The van der Waals surface area contributed by atoms with Crippen LogP contribution in [0.1, 0.15) is 15.9 Å². The summed E-state index contributed by atoms with van der Waals surface area (Å²) in [4.78, 5) is 10.7. The van der Waals surface area contributed by atoms with E-state index >= 15 is 0 Å². The molecule has 0 saturated heterocycles. The molecule has 0 aliphatic rings. The lowest BCUT2D eigenvalue weighted by molar-refractivity contribution is 0.112. The number of benzene rings is 1. The highest BCUT2D eigenvalue weighted by atomic mass is 32.1. The third-order valence-electron chi connectivity index (χ3n) is 2.12. The van der Waals surface area contributed by atoms with E-state index in [4.69, 9.17) is 10.8 Å². The standard InChI is InChI=1S/C10H9NO2S/c11-9-3-8-6(4-12)1-2-7(5-13)10(8)14-9/h1-4,13H,5,11H2. The molecule has 0 radical (unpaired) electrons. The van der Waals surface area contributed by atoms with Gasteiger partial charge in [0.25, 0.3) is 0 Å². The number of hydrogen-bond acceptors (Lipinski definition) is 4. The number of hydrogen-bond donors (Lipinski definition) is 2. The van der Waals surface area contributed by atoms with Crippen molar-refractivity contribution in [2.45, 2.75) is 6.61 Å². The quantitative estimate of drug-likeness (QED) is 0.738. The normalized spacial score (nSPS) is 10.6. The summed E-state index contributed by atoms with van der Waals surface area (Å²) in [6.07, 6.45) is 0.801. The van der Waals surface area contributed by atoms with Gasteiger partial charge in [-0.3, -0.25) is 4.79 Å². The summed E-state index contributed by atoms with van der Waals surface area (Å²) >= 11 is 1.39. The first-order valence-electron chi connectivity index (χ1n) is 4.13. The molecule has 0 spiro atoms. The van der Waals surface area contributed by atoms with E-state index in [-0.39, 0.29) is 6.61 Å². The van der Waals surface area contributed by atoms with E-state index in [0.717, 1.165) is 21.9 Å². The minimum atomic E-state index is -0.0322. The van der Waals surface area contributed by atoms with Crippen molar-refractivity contribution in [2.75, 3.05) is 5.73 Å². The molecule has 0 unspecified atom stereocenters. The predicted molar refractivity (Wildman–Crippen MR) is 57.5 cm³/mol. The molecule has 72 valence electrons. The van der Waals surface area contributed by atoms with Gasteiger partial charge in [0, 0.05) is 15.6 Å². The lowest BCUT2D eigenvalue weighted by Crippen LogP contribution is -1.86. The predicted octanol–water partition coefficient (Wildman–Crippen LogP) is 1.79. The van der Waals surface area contributed by atoms with Gasteiger partial charge in [-0.2, -0.15) is 0 Å². The number of anilines is 1. The molecule has 1 heterocycles. The third-order valence-corrected chi connectivity index (χ3v) is 3.15. The molecule has 2 rings (SSSR count). The summed E-state index contributed by atoms with van der Waals surface area (Å²) in [6, 6.07) is 5.22. The molecular weight excluding hydrogens is 198 g/mol. The van der Waals surface area contributed by atoms with Crippen LogP contribution < -0.4 is 5.73 Å². The van der Waals surface area contributed by atoms with Crippen molar-refractivity contribution in [3.63, 3.8) is 0 Å². The van der Waals surface area contributed by atoms with E-state index in [1.165, 1.54) is 11.3 Å². The number of nitrogens with two attached hydrogens (primary N) is 1. The van der Waals surface area contributed by atoms with Crippen LogP contribution in [0.3, 0.4) is 0 Å². The fraction of sp³-hybridized carbons (Fsp3) is 0.100. The molecule has 0 bridgehead atoms. The highest BCUT2D eigenvalue weighted by Crippen LogP contribution is 2.32. The topological polar surface area (TPSA) is 63.3 Å². The molecule has 1 aromatic heterocycles. The minimum Gasteiger partial charge on any atom is -0.392 e. The van der Waals surface area contributed by atoms with Crippen molar-refractivity contribution < 1.29 is 9.90 Å². The molecule has 3 N–H and O–H groups in total. The number of carbonyl (C=O) groups excluding carboxylic acids is 1. The molecule has 2 aromatic rings. The molecule has 14 heavy (non-hydrogen) atoms. The third kappa shape index (κ3) is 1.29. The zero-order valence-electron chi connectivity index (χ0n) is 7.36. The Labute approximate surface area is 84.8 Å². The molecule has 1 aromatic carbocycles. The van der Waals surface area contributed by atoms with Gasteiger partial charge in [0.2, 0.25) is 0 Å². The van der Waals surface area contributed by atoms with Gasteiger partial charge in [0.1, 0.15) is 0 Å². The van der Waals surface area contributed by atoms with Crippen LogP contribution in [0.5, 0.6) is 0 Å². The Balaban J connectivity index is 2.83. The highest BCUT2D eigenvalue weighted by molar-refractivity contribution is 7.22. The summed E-state index contributed by atoms with van der Waals surface area (Å²) in [6.45, 7) is -0.0322. The van der Waals surface area contributed by atoms with E-state index in [0.29, 0.717) is 10.6 Å². The number of aliphatic hydroxyl groups excluding tert-OH is 1. The first kappa shape index (κ1) is 9.18. The molecule has 0 fully saturated rings. The Bertz CT molecular complexity index is 490. The second-order valence-corrected chi connectivity index (χ2v) is 4.07. The number of rotatable bonds is 2. The summed E-state index contributed by atoms with van der Waals surface area (Å²) in [5.74, 6) is 0. The fourth-order valence-electron chi connectivity index (χ4n) is 1.45. The monoisotopic (exact) mass is 207 g/mol. The Hall–Kier alpha value is -1.39. The molecule has 0 aliphatic heterocycles. The van der Waals surface area contributed by atoms with Crippen molar-refractivity contribution in [3.8, 4) is 0 Å². The maximum atomic E-state index is 10.7. The zero-order valence-corrected chi connectivity index (χ0v) is 8.17. The van der Waals surface area contributed by atoms with Gasteiger partial charge < -0.3 is 10.8 Å². The second kappa shape index (κ2) is 3.40. The number of fused-ring (bicyclic) bond motifs is 1. The van der Waals surface area contributed by atoms with Crippen molar-refractivity contribution in [3.05, 3.63) is 29.3 Å². The maximum absolute atomic E-state index is 10.7. The average Bonchev–Trinajstić information content (AvgIpc) is 2.57. The minimum absolute atomic E-state index is 0.0322. The average molecular weight is 207 g/mol. The fourth-order valence-corrected chi connectivity index (χ4v) is 2.41. The molecule has 0 saturated carbocycles. The van der Waals surface area contributed by atoms with Gasteiger partial charge in [-0.1, -0.05) is 12.1 Å². The molecule has 0 atom stereocenters. The lowest BCUT2D eigenvalue weighted by atomic mass is 10.1. The van der Waals surface area contributed by atoms with Crippen LogP contribution in [0, 0.1) is 0 Å². The lowest BCUT2D eigenvalue weighted by Gasteiger charge is -1.99. The second-order valence-electron chi connectivity index (χ2n) is 2.98. The SMILES string of the molecule is Nc1cc2c(C=O)ccc(CO)c2s1. The maximum Gasteiger partial charge on any atom is 0.150 e. The van der Waals surface area contributed by atoms with Crippen LogP contribution >= 0.6 is 11.3 Å². The van der Waals surface area contributed by atoms with Crippen LogP contribution in [0.15, 0.2) is 18.2 Å². The highest BCUT2D eigenvalue weighted by Gasteiger charge is 2.08. The number of carbonyl (C=O) groups is 1. The van der Waals surface area contributed by atoms with Crippen LogP contribution in [0.2, 0.25) is 0 Å². The van der Waals surface area contributed by atoms with E-state index in [2.05, 4.69) is 0 Å². The Morgan fingerprint density at radius 3 is 2.93 bits per heavy atom. The zero-order chi connectivity index (χ0) is 10.1. The smallest absolute Gasteiger partial charge is 0.150 e. The van der Waals surface area contributed by atoms with Gasteiger partial charge in [-0.15, -0.1) is 11.3 Å². The van der Waals surface area contributed by atoms with Gasteiger partial charge in [0.05, 0.1) is 11.6 Å². The van der Waals surface area contributed by atoms with Crippen molar-refractivity contribution >= 4 is 32.7 Å². The summed E-state index contributed by atoms with van der Waals surface area (Å²) in [5, 5.41) is 10.6. The van der Waals surface area contributed by atoms with Crippen LogP contribution in [-0.4, -0.2) is 11.4 Å². The largest absolute Gasteiger partial charge is 0.392 e. The molecule has 4 heteroatoms. The summed E-state index contributed by atoms with van der Waals surface area (Å²) < 4.78 is 0.898. The molecule has 3 nitrogen and oxygen atoms in total. The summed E-state index contributed by atoms with van der Waals surface area (Å²) in [7, 11) is 0. The van der Waals surface area contributed by atoms with Crippen molar-refractivity contribution in [1.82, 2.24) is 0 Å².